The Kier molecular flexibility index (Phi) is 2.63. The van der Waals surface area contributed by atoms with Gasteiger partial charge in [-0.25, -0.2) is 0 Å². The Balaban J connectivity index is 1.64. The maximum atomic E-state index is 12.0. The van der Waals surface area contributed by atoms with Crippen LogP contribution < -0.4 is 5.32 Å². The minimum Gasteiger partial charge on any atom is -0.367 e. The van der Waals surface area contributed by atoms with Gasteiger partial charge in [-0.3, -0.25) is 9.78 Å². The second-order valence-corrected chi connectivity index (χ2v) is 4.76. The van der Waals surface area contributed by atoms with Crippen molar-refractivity contribution in [3.8, 4) is 0 Å². The Labute approximate surface area is 105 Å². The molecule has 2 N–H and O–H groups in total. The van der Waals surface area contributed by atoms with Gasteiger partial charge in [-0.1, -0.05) is 6.07 Å². The molecule has 2 atom stereocenters. The number of carbonyl (C=O) groups excluding carboxylic acids is 1. The second kappa shape index (κ2) is 4.29. The van der Waals surface area contributed by atoms with E-state index in [0.717, 1.165) is 17.5 Å². The van der Waals surface area contributed by atoms with E-state index in [1.165, 1.54) is 5.56 Å². The van der Waals surface area contributed by atoms with E-state index in [1.807, 2.05) is 25.4 Å². The molecule has 1 amide bonds. The van der Waals surface area contributed by atoms with Crippen LogP contribution in [0.5, 0.6) is 0 Å². The molecule has 0 spiro atoms. The predicted octanol–water partition coefficient (Wildman–Crippen LogP) is 2.00. The third kappa shape index (κ3) is 2.01. The van der Waals surface area contributed by atoms with Gasteiger partial charge >= 0.3 is 0 Å². The van der Waals surface area contributed by atoms with Crippen LogP contribution in [-0.4, -0.2) is 21.9 Å². The molecular weight excluding hydrogens is 226 g/mol. The third-order valence-electron chi connectivity index (χ3n) is 3.42. The quantitative estimate of drug-likeness (QED) is 0.863. The molecule has 0 saturated heterocycles. The number of carbonyl (C=O) groups is 1. The Hall–Kier alpha value is -2.10. The topological polar surface area (TPSA) is 57.8 Å². The number of aromatic amines is 1. The van der Waals surface area contributed by atoms with Crippen LogP contribution in [0.2, 0.25) is 0 Å². The standard InChI is InChI=1S/C14H15N3O/c1-9-6-16-8-12(9)14(18)17-13-5-11(13)10-3-2-4-15-7-10/h2-4,6-8,11,13,16H,5H2,1H3,(H,17,18)/t11-,13+/m1/s1. The molecule has 1 aliphatic carbocycles. The van der Waals surface area contributed by atoms with E-state index in [-0.39, 0.29) is 11.9 Å². The Morgan fingerprint density at radius 3 is 3.06 bits per heavy atom. The summed E-state index contributed by atoms with van der Waals surface area (Å²) >= 11 is 0. The smallest absolute Gasteiger partial charge is 0.253 e. The Morgan fingerprint density at radius 2 is 2.39 bits per heavy atom. The predicted molar refractivity (Wildman–Crippen MR) is 68.4 cm³/mol. The lowest BCUT2D eigenvalue weighted by Crippen LogP contribution is -2.26. The van der Waals surface area contributed by atoms with E-state index >= 15 is 0 Å². The first-order chi connectivity index (χ1) is 8.75. The molecule has 4 heteroatoms. The molecule has 0 unspecified atom stereocenters. The van der Waals surface area contributed by atoms with Gasteiger partial charge in [0, 0.05) is 36.7 Å². The number of amides is 1. The monoisotopic (exact) mass is 241 g/mol. The van der Waals surface area contributed by atoms with Crippen LogP contribution in [0.15, 0.2) is 36.9 Å². The largest absolute Gasteiger partial charge is 0.367 e. The van der Waals surface area contributed by atoms with Crippen molar-refractivity contribution in [3.05, 3.63) is 53.6 Å². The SMILES string of the molecule is Cc1c[nH]cc1C(=O)N[C@H]1C[C@@H]1c1cccnc1. The minimum absolute atomic E-state index is 0.00476. The normalized spacial score (nSPS) is 21.6. The molecule has 3 rings (SSSR count). The van der Waals surface area contributed by atoms with Gasteiger partial charge in [0.1, 0.15) is 0 Å². The van der Waals surface area contributed by atoms with Crippen LogP contribution in [0.25, 0.3) is 0 Å². The van der Waals surface area contributed by atoms with E-state index in [1.54, 1.807) is 12.4 Å². The van der Waals surface area contributed by atoms with Crippen LogP contribution >= 0.6 is 0 Å². The molecule has 2 aromatic heterocycles. The lowest BCUT2D eigenvalue weighted by molar-refractivity contribution is 0.0950. The average Bonchev–Trinajstić information content (AvgIpc) is 3.01. The van der Waals surface area contributed by atoms with Gasteiger partial charge in [-0.05, 0) is 30.5 Å². The summed E-state index contributed by atoms with van der Waals surface area (Å²) in [6.45, 7) is 1.93. The summed E-state index contributed by atoms with van der Waals surface area (Å²) in [4.78, 5) is 19.1. The molecule has 0 bridgehead atoms. The number of nitrogens with one attached hydrogen (secondary N) is 2. The summed E-state index contributed by atoms with van der Waals surface area (Å²) in [5.74, 6) is 0.423. The van der Waals surface area contributed by atoms with Crippen LogP contribution in [-0.2, 0) is 0 Å². The van der Waals surface area contributed by atoms with Crippen LogP contribution in [0.4, 0.5) is 0 Å². The van der Waals surface area contributed by atoms with Gasteiger partial charge in [0.05, 0.1) is 5.56 Å². The summed E-state index contributed by atoms with van der Waals surface area (Å²) in [7, 11) is 0. The molecule has 18 heavy (non-hydrogen) atoms. The molecular formula is C14H15N3O. The number of aryl methyl sites for hydroxylation is 1. The van der Waals surface area contributed by atoms with E-state index in [2.05, 4.69) is 21.4 Å². The van der Waals surface area contributed by atoms with E-state index in [4.69, 9.17) is 0 Å². The fourth-order valence-corrected chi connectivity index (χ4v) is 2.25. The van der Waals surface area contributed by atoms with Gasteiger partial charge in [0.2, 0.25) is 0 Å². The third-order valence-corrected chi connectivity index (χ3v) is 3.42. The molecule has 2 aromatic rings. The van der Waals surface area contributed by atoms with E-state index in [0.29, 0.717) is 5.92 Å². The number of hydrogen-bond acceptors (Lipinski definition) is 2. The van der Waals surface area contributed by atoms with Crippen molar-refractivity contribution < 1.29 is 4.79 Å². The van der Waals surface area contributed by atoms with Crippen molar-refractivity contribution in [1.82, 2.24) is 15.3 Å². The van der Waals surface area contributed by atoms with Crippen molar-refractivity contribution in [2.75, 3.05) is 0 Å². The summed E-state index contributed by atoms with van der Waals surface area (Å²) in [6, 6.07) is 4.24. The highest BCUT2D eigenvalue weighted by Crippen LogP contribution is 2.40. The maximum absolute atomic E-state index is 12.0. The lowest BCUT2D eigenvalue weighted by Gasteiger charge is -2.04. The van der Waals surface area contributed by atoms with E-state index < -0.39 is 0 Å². The van der Waals surface area contributed by atoms with Crippen LogP contribution in [0.1, 0.15) is 33.8 Å². The molecule has 0 aliphatic heterocycles. The second-order valence-electron chi connectivity index (χ2n) is 4.76. The highest BCUT2D eigenvalue weighted by molar-refractivity contribution is 5.95. The van der Waals surface area contributed by atoms with Gasteiger partial charge < -0.3 is 10.3 Å². The Morgan fingerprint density at radius 1 is 1.50 bits per heavy atom. The number of aromatic nitrogens is 2. The van der Waals surface area contributed by atoms with Crippen molar-refractivity contribution >= 4 is 5.91 Å². The summed E-state index contributed by atoms with van der Waals surface area (Å²) in [5.41, 5.74) is 2.91. The fourth-order valence-electron chi connectivity index (χ4n) is 2.25. The van der Waals surface area contributed by atoms with Gasteiger partial charge in [-0.2, -0.15) is 0 Å². The van der Waals surface area contributed by atoms with Crippen LogP contribution in [0.3, 0.4) is 0 Å². The van der Waals surface area contributed by atoms with Gasteiger partial charge in [-0.15, -0.1) is 0 Å². The zero-order valence-electron chi connectivity index (χ0n) is 10.2. The molecule has 92 valence electrons. The molecule has 0 radical (unpaired) electrons. The zero-order chi connectivity index (χ0) is 12.5. The molecule has 1 aliphatic rings. The maximum Gasteiger partial charge on any atom is 0.253 e. The van der Waals surface area contributed by atoms with Crippen molar-refractivity contribution in [2.24, 2.45) is 0 Å². The van der Waals surface area contributed by atoms with Gasteiger partial charge in [0.15, 0.2) is 0 Å². The van der Waals surface area contributed by atoms with E-state index in [9.17, 15) is 4.79 Å². The summed E-state index contributed by atoms with van der Waals surface area (Å²) < 4.78 is 0. The first kappa shape index (κ1) is 11.0. The molecule has 2 heterocycles. The van der Waals surface area contributed by atoms with Crippen molar-refractivity contribution in [2.45, 2.75) is 25.3 Å². The number of rotatable bonds is 3. The first-order valence-corrected chi connectivity index (χ1v) is 6.10. The van der Waals surface area contributed by atoms with Crippen LogP contribution in [0, 0.1) is 6.92 Å². The van der Waals surface area contributed by atoms with Gasteiger partial charge in [0.25, 0.3) is 5.91 Å². The summed E-state index contributed by atoms with van der Waals surface area (Å²) in [5, 5.41) is 3.06. The first-order valence-electron chi connectivity index (χ1n) is 6.10. The number of hydrogen-bond donors (Lipinski definition) is 2. The number of nitrogens with zero attached hydrogens (tertiary/aromatic N) is 1. The average molecular weight is 241 g/mol. The highest BCUT2D eigenvalue weighted by atomic mass is 16.1. The number of pyridine rings is 1. The molecule has 4 nitrogen and oxygen atoms in total. The lowest BCUT2D eigenvalue weighted by atomic mass is 10.2. The minimum atomic E-state index is 0.00476. The fraction of sp³-hybridized carbons (Fsp3) is 0.286. The number of H-pyrrole nitrogens is 1. The summed E-state index contributed by atoms with van der Waals surface area (Å²) in [6.07, 6.45) is 8.22. The van der Waals surface area contributed by atoms with Crippen molar-refractivity contribution in [1.29, 1.82) is 0 Å². The Bertz CT molecular complexity index is 561. The molecule has 0 aromatic carbocycles. The highest BCUT2D eigenvalue weighted by Gasteiger charge is 2.39. The molecule has 1 saturated carbocycles. The molecule has 1 fully saturated rings. The zero-order valence-corrected chi connectivity index (χ0v) is 10.2. The van der Waals surface area contributed by atoms with Crippen molar-refractivity contribution in [3.63, 3.8) is 0 Å².